The Morgan fingerprint density at radius 3 is 1.44 bits per heavy atom. The minimum Gasteiger partial charge on any atom is -0.299 e. The van der Waals surface area contributed by atoms with Crippen molar-refractivity contribution in [2.75, 3.05) is 0 Å². The van der Waals surface area contributed by atoms with Crippen molar-refractivity contribution in [1.29, 1.82) is 0 Å². The van der Waals surface area contributed by atoms with Gasteiger partial charge >= 0.3 is 35.8 Å². The average Bonchev–Trinajstić information content (AvgIpc) is 2.90. The molecule has 0 aliphatic heterocycles. The van der Waals surface area contributed by atoms with Gasteiger partial charge in [-0.2, -0.15) is 57.1 Å². The maximum atomic E-state index is 13.5. The Morgan fingerprint density at radius 2 is 1.11 bits per heavy atom. The number of ketones is 2. The molecule has 0 spiro atoms. The monoisotopic (exact) mass is 430 g/mol. The van der Waals surface area contributed by atoms with Gasteiger partial charge < -0.3 is 0 Å². The highest BCUT2D eigenvalue weighted by atomic mass is 19.4. The van der Waals surface area contributed by atoms with Gasteiger partial charge in [0.1, 0.15) is 5.78 Å². The summed E-state index contributed by atoms with van der Waals surface area (Å²) in [6.07, 6.45) is -9.30. The van der Waals surface area contributed by atoms with Crippen LogP contribution in [0.4, 0.5) is 57.1 Å². The third-order valence-corrected chi connectivity index (χ3v) is 3.86. The second-order valence-corrected chi connectivity index (χ2v) is 5.65. The summed E-state index contributed by atoms with van der Waals surface area (Å²) in [6.45, 7) is 0. The normalized spacial score (nSPS) is 20.9. The fourth-order valence-electron chi connectivity index (χ4n) is 2.24. The molecule has 0 heterocycles. The van der Waals surface area contributed by atoms with E-state index in [1.54, 1.807) is 0 Å². The molecule has 27 heavy (non-hydrogen) atoms. The van der Waals surface area contributed by atoms with Gasteiger partial charge in [0, 0.05) is 6.42 Å². The summed E-state index contributed by atoms with van der Waals surface area (Å²) in [6, 6.07) is 0. The largest absolute Gasteiger partial charge is 0.460 e. The molecule has 1 rings (SSSR count). The quantitative estimate of drug-likeness (QED) is 0.454. The molecule has 0 radical (unpaired) electrons. The fraction of sp³-hybridized carbons (Fsp3) is 0.833. The Balaban J connectivity index is 3.45. The molecule has 0 amide bonds. The minimum absolute atomic E-state index is 0.324. The lowest BCUT2D eigenvalue weighted by atomic mass is 9.87. The van der Waals surface area contributed by atoms with Crippen LogP contribution in [0.2, 0.25) is 0 Å². The zero-order valence-electron chi connectivity index (χ0n) is 12.4. The summed E-state index contributed by atoms with van der Waals surface area (Å²) in [7, 11) is 0. The molecule has 1 unspecified atom stereocenters. The Morgan fingerprint density at radius 1 is 0.704 bits per heavy atom. The molecule has 2 nitrogen and oxygen atoms in total. The van der Waals surface area contributed by atoms with E-state index in [4.69, 9.17) is 0 Å². The van der Waals surface area contributed by atoms with E-state index < -0.39 is 66.1 Å². The van der Waals surface area contributed by atoms with Gasteiger partial charge in [0.15, 0.2) is 0 Å². The van der Waals surface area contributed by atoms with Gasteiger partial charge in [-0.05, 0) is 12.8 Å². The van der Waals surface area contributed by atoms with Crippen LogP contribution in [0.1, 0.15) is 19.3 Å². The average molecular weight is 430 g/mol. The molecule has 1 atom stereocenters. The summed E-state index contributed by atoms with van der Waals surface area (Å²) in [4.78, 5) is 22.4. The highest BCUT2D eigenvalue weighted by Crippen LogP contribution is 2.60. The zero-order chi connectivity index (χ0) is 21.9. The second-order valence-electron chi connectivity index (χ2n) is 5.65. The van der Waals surface area contributed by atoms with Crippen LogP contribution in [0.25, 0.3) is 0 Å². The Kier molecular flexibility index (Phi) is 5.41. The van der Waals surface area contributed by atoms with E-state index in [0.29, 0.717) is 0 Å². The third kappa shape index (κ3) is 3.05. The van der Waals surface area contributed by atoms with Gasteiger partial charge in [-0.25, -0.2) is 0 Å². The zero-order valence-corrected chi connectivity index (χ0v) is 12.4. The number of rotatable bonds is 6. The van der Waals surface area contributed by atoms with Crippen LogP contribution in [0, 0.1) is 5.92 Å². The van der Waals surface area contributed by atoms with Crippen molar-refractivity contribution >= 4 is 11.6 Å². The summed E-state index contributed by atoms with van der Waals surface area (Å²) in [5, 5.41) is 0. The van der Waals surface area contributed by atoms with E-state index in [1.807, 2.05) is 0 Å². The van der Waals surface area contributed by atoms with Crippen LogP contribution in [0.15, 0.2) is 0 Å². The molecule has 1 aliphatic carbocycles. The number of carbonyl (C=O) groups is 2. The van der Waals surface area contributed by atoms with Crippen molar-refractivity contribution < 1.29 is 66.7 Å². The van der Waals surface area contributed by atoms with Crippen LogP contribution in [-0.4, -0.2) is 47.4 Å². The van der Waals surface area contributed by atoms with Crippen molar-refractivity contribution in [3.05, 3.63) is 0 Å². The smallest absolute Gasteiger partial charge is 0.299 e. The molecule has 158 valence electrons. The predicted molar refractivity (Wildman–Crippen MR) is 58.1 cm³/mol. The van der Waals surface area contributed by atoms with Gasteiger partial charge in [0.05, 0.1) is 5.92 Å². The molecule has 0 aromatic rings. The van der Waals surface area contributed by atoms with Crippen molar-refractivity contribution in [1.82, 2.24) is 0 Å². The van der Waals surface area contributed by atoms with E-state index >= 15 is 0 Å². The van der Waals surface area contributed by atoms with Gasteiger partial charge in [0.2, 0.25) is 5.78 Å². The van der Waals surface area contributed by atoms with Gasteiger partial charge in [-0.15, -0.1) is 0 Å². The molecule has 1 aliphatic rings. The van der Waals surface area contributed by atoms with Crippen LogP contribution >= 0.6 is 0 Å². The van der Waals surface area contributed by atoms with Gasteiger partial charge in [0.25, 0.3) is 0 Å². The first-order valence-corrected chi connectivity index (χ1v) is 6.70. The fourth-order valence-corrected chi connectivity index (χ4v) is 2.24. The maximum Gasteiger partial charge on any atom is 0.460 e. The Bertz CT molecular complexity index is 619. The van der Waals surface area contributed by atoms with E-state index in [1.165, 1.54) is 0 Å². The summed E-state index contributed by atoms with van der Waals surface area (Å²) in [5.41, 5.74) is 0. The first-order chi connectivity index (χ1) is 11.7. The number of hydrogen-bond acceptors (Lipinski definition) is 2. The minimum atomic E-state index is -8.06. The summed E-state index contributed by atoms with van der Waals surface area (Å²) in [5.74, 6) is -45.8. The predicted octanol–water partition coefficient (Wildman–Crippen LogP) is 4.66. The van der Waals surface area contributed by atoms with Gasteiger partial charge in [-0.1, -0.05) is 0 Å². The lowest BCUT2D eigenvalue weighted by molar-refractivity contribution is -0.436. The molecule has 0 N–H and O–H groups in total. The Hall–Kier alpha value is -1.57. The van der Waals surface area contributed by atoms with Crippen LogP contribution in [0.5, 0.6) is 0 Å². The molecule has 15 heteroatoms. The summed E-state index contributed by atoms with van der Waals surface area (Å²) < 4.78 is 167. The van der Waals surface area contributed by atoms with E-state index in [-0.39, 0.29) is 6.42 Å². The van der Waals surface area contributed by atoms with Crippen LogP contribution in [-0.2, 0) is 9.59 Å². The highest BCUT2D eigenvalue weighted by Gasteiger charge is 2.91. The Labute approximate surface area is 140 Å². The van der Waals surface area contributed by atoms with Crippen molar-refractivity contribution in [2.24, 2.45) is 5.92 Å². The molecule has 0 aromatic heterocycles. The van der Waals surface area contributed by atoms with E-state index in [0.717, 1.165) is 0 Å². The SMILES string of the molecule is O=C1CCCC1C(=O)C(F)(F)C(F)(F)C(F)(F)C(F)(F)C(F)(F)C(F)(F)F. The molecular weight excluding hydrogens is 423 g/mol. The molecule has 0 saturated heterocycles. The maximum absolute atomic E-state index is 13.5. The number of hydrogen-bond donors (Lipinski definition) is 0. The number of alkyl halides is 13. The van der Waals surface area contributed by atoms with Crippen molar-refractivity contribution in [3.63, 3.8) is 0 Å². The van der Waals surface area contributed by atoms with Crippen LogP contribution in [0.3, 0.4) is 0 Å². The lowest BCUT2D eigenvalue weighted by Gasteiger charge is -2.39. The topological polar surface area (TPSA) is 34.1 Å². The highest BCUT2D eigenvalue weighted by molar-refractivity contribution is 6.07. The van der Waals surface area contributed by atoms with Crippen molar-refractivity contribution in [2.45, 2.75) is 55.1 Å². The molecule has 1 fully saturated rings. The molecule has 0 bridgehead atoms. The standard InChI is InChI=1S/C12H7F13O2/c13-7(14,6(27)4-2-1-3-5(4)26)8(15,16)9(17,18)10(19,20)11(21,22)12(23,24)25/h4H,1-3H2. The number of halogens is 13. The number of Topliss-reactive ketones (excluding diaryl/α,β-unsaturated/α-hetero) is 2. The molecule has 1 saturated carbocycles. The van der Waals surface area contributed by atoms with Crippen molar-refractivity contribution in [3.8, 4) is 0 Å². The van der Waals surface area contributed by atoms with Crippen LogP contribution < -0.4 is 0 Å². The third-order valence-electron chi connectivity index (χ3n) is 3.86. The molecular formula is C12H7F13O2. The first kappa shape index (κ1) is 23.5. The lowest BCUT2D eigenvalue weighted by Crippen LogP contribution is -2.71. The summed E-state index contributed by atoms with van der Waals surface area (Å²) >= 11 is 0. The van der Waals surface area contributed by atoms with E-state index in [9.17, 15) is 66.7 Å². The molecule has 0 aromatic carbocycles. The first-order valence-electron chi connectivity index (χ1n) is 6.70. The number of carbonyl (C=O) groups excluding carboxylic acids is 2. The second kappa shape index (κ2) is 6.22. The van der Waals surface area contributed by atoms with Gasteiger partial charge in [-0.3, -0.25) is 9.59 Å². The van der Waals surface area contributed by atoms with E-state index in [2.05, 4.69) is 0 Å².